The molecule has 21 heavy (non-hydrogen) atoms. The summed E-state index contributed by atoms with van der Waals surface area (Å²) < 4.78 is 0. The molecule has 2 aliphatic heterocycles. The third kappa shape index (κ3) is 3.44. The van der Waals surface area contributed by atoms with Gasteiger partial charge in [0.25, 0.3) is 0 Å². The van der Waals surface area contributed by atoms with Crippen molar-refractivity contribution in [2.45, 2.75) is 25.8 Å². The van der Waals surface area contributed by atoms with E-state index in [-0.39, 0.29) is 12.5 Å². The summed E-state index contributed by atoms with van der Waals surface area (Å²) in [5.41, 5.74) is 2.66. The van der Waals surface area contributed by atoms with Crippen LogP contribution in [0.15, 0.2) is 24.3 Å². The van der Waals surface area contributed by atoms with Crippen LogP contribution in [0.1, 0.15) is 24.0 Å². The number of carbonyl (C=O) groups is 1. The van der Waals surface area contributed by atoms with Gasteiger partial charge in [-0.05, 0) is 42.9 Å². The van der Waals surface area contributed by atoms with Crippen LogP contribution in [0.2, 0.25) is 0 Å². The molecule has 2 aliphatic rings. The number of piperidine rings is 1. The lowest BCUT2D eigenvalue weighted by atomic mass is 9.98. The van der Waals surface area contributed by atoms with Crippen LogP contribution in [0, 0.1) is 5.92 Å². The number of nitrogens with zero attached hydrogens (tertiary/aromatic N) is 2. The van der Waals surface area contributed by atoms with E-state index in [1.165, 1.54) is 11.1 Å². The summed E-state index contributed by atoms with van der Waals surface area (Å²) in [5.74, 6) is 0.566. The molecule has 0 aliphatic carbocycles. The van der Waals surface area contributed by atoms with Crippen LogP contribution in [-0.4, -0.2) is 53.6 Å². The van der Waals surface area contributed by atoms with E-state index in [4.69, 9.17) is 0 Å². The maximum atomic E-state index is 12.5. The van der Waals surface area contributed by atoms with Crippen molar-refractivity contribution in [3.63, 3.8) is 0 Å². The van der Waals surface area contributed by atoms with Gasteiger partial charge in [-0.1, -0.05) is 24.3 Å². The van der Waals surface area contributed by atoms with Crippen molar-refractivity contribution in [3.05, 3.63) is 35.4 Å². The Morgan fingerprint density at radius 1 is 1.24 bits per heavy atom. The Morgan fingerprint density at radius 2 is 2.05 bits per heavy atom. The van der Waals surface area contributed by atoms with Gasteiger partial charge in [0.1, 0.15) is 0 Å². The van der Waals surface area contributed by atoms with Gasteiger partial charge in [-0.25, -0.2) is 0 Å². The first kappa shape index (κ1) is 14.5. The zero-order valence-corrected chi connectivity index (χ0v) is 12.5. The lowest BCUT2D eigenvalue weighted by molar-refractivity contribution is -0.133. The van der Waals surface area contributed by atoms with Crippen molar-refractivity contribution in [1.82, 2.24) is 9.80 Å². The fraction of sp³-hybridized carbons (Fsp3) is 0.588. The van der Waals surface area contributed by atoms with Crippen LogP contribution in [-0.2, 0) is 17.8 Å². The maximum absolute atomic E-state index is 12.5. The number of likely N-dealkylation sites (tertiary alicyclic amines) is 1. The molecule has 1 N–H and O–H groups in total. The minimum Gasteiger partial charge on any atom is -0.396 e. The van der Waals surface area contributed by atoms with Gasteiger partial charge in [0.2, 0.25) is 5.91 Å². The van der Waals surface area contributed by atoms with Gasteiger partial charge in [-0.15, -0.1) is 0 Å². The van der Waals surface area contributed by atoms with Gasteiger partial charge in [-0.2, -0.15) is 0 Å². The second-order valence-electron chi connectivity index (χ2n) is 6.26. The summed E-state index contributed by atoms with van der Waals surface area (Å²) in [6.07, 6.45) is 3.13. The Bertz CT molecular complexity index is 503. The average Bonchev–Trinajstić information content (AvgIpc) is 2.54. The van der Waals surface area contributed by atoms with Crippen molar-refractivity contribution >= 4 is 5.91 Å². The van der Waals surface area contributed by atoms with Crippen molar-refractivity contribution in [2.75, 3.05) is 32.8 Å². The van der Waals surface area contributed by atoms with E-state index in [1.54, 1.807) is 0 Å². The molecule has 1 saturated heterocycles. The van der Waals surface area contributed by atoms with E-state index in [0.29, 0.717) is 12.5 Å². The number of aliphatic hydroxyl groups is 1. The van der Waals surface area contributed by atoms with Gasteiger partial charge in [-0.3, -0.25) is 9.69 Å². The smallest absolute Gasteiger partial charge is 0.237 e. The van der Waals surface area contributed by atoms with Crippen LogP contribution in [0.25, 0.3) is 0 Å². The molecule has 4 nitrogen and oxygen atoms in total. The molecule has 0 saturated carbocycles. The van der Waals surface area contributed by atoms with Gasteiger partial charge in [0.15, 0.2) is 0 Å². The molecule has 0 radical (unpaired) electrons. The number of rotatable bonds is 3. The molecule has 1 unspecified atom stereocenters. The van der Waals surface area contributed by atoms with E-state index < -0.39 is 0 Å². The molecule has 0 bridgehead atoms. The molecule has 2 heterocycles. The standard InChI is InChI=1S/C17H24N2O2/c20-13-14-4-3-8-18(10-14)12-17(21)19-9-7-15-5-1-2-6-16(15)11-19/h1-2,5-6,14,20H,3-4,7-13H2. The van der Waals surface area contributed by atoms with E-state index in [2.05, 4.69) is 23.1 Å². The van der Waals surface area contributed by atoms with Gasteiger partial charge < -0.3 is 10.0 Å². The first-order valence-corrected chi connectivity index (χ1v) is 7.94. The monoisotopic (exact) mass is 288 g/mol. The molecule has 0 spiro atoms. The SMILES string of the molecule is O=C(CN1CCCC(CO)C1)N1CCc2ccccc2C1. The van der Waals surface area contributed by atoms with E-state index in [1.807, 2.05) is 11.0 Å². The van der Waals surface area contributed by atoms with Crippen molar-refractivity contribution < 1.29 is 9.90 Å². The van der Waals surface area contributed by atoms with Gasteiger partial charge >= 0.3 is 0 Å². The number of benzene rings is 1. The van der Waals surface area contributed by atoms with Crippen molar-refractivity contribution in [1.29, 1.82) is 0 Å². The molecular formula is C17H24N2O2. The fourth-order valence-electron chi connectivity index (χ4n) is 3.44. The van der Waals surface area contributed by atoms with Crippen molar-refractivity contribution in [2.24, 2.45) is 5.92 Å². The summed E-state index contributed by atoms with van der Waals surface area (Å²) in [6.45, 7) is 4.14. The molecule has 1 aromatic rings. The summed E-state index contributed by atoms with van der Waals surface area (Å²) in [5, 5.41) is 9.28. The number of hydrogen-bond donors (Lipinski definition) is 1. The number of amides is 1. The Kier molecular flexibility index (Phi) is 4.56. The summed E-state index contributed by atoms with van der Waals surface area (Å²) in [6, 6.07) is 8.40. The van der Waals surface area contributed by atoms with Crippen molar-refractivity contribution in [3.8, 4) is 0 Å². The third-order valence-electron chi connectivity index (χ3n) is 4.70. The highest BCUT2D eigenvalue weighted by Crippen LogP contribution is 2.20. The van der Waals surface area contributed by atoms with Gasteiger partial charge in [0.05, 0.1) is 6.54 Å². The Morgan fingerprint density at radius 3 is 2.86 bits per heavy atom. The normalized spacial score (nSPS) is 22.9. The van der Waals surface area contributed by atoms with Gasteiger partial charge in [0, 0.05) is 26.2 Å². The molecule has 0 aromatic heterocycles. The zero-order valence-electron chi connectivity index (χ0n) is 12.5. The maximum Gasteiger partial charge on any atom is 0.237 e. The molecule has 114 valence electrons. The largest absolute Gasteiger partial charge is 0.396 e. The van der Waals surface area contributed by atoms with Crippen LogP contribution in [0.3, 0.4) is 0 Å². The second kappa shape index (κ2) is 6.58. The van der Waals surface area contributed by atoms with Crippen LogP contribution in [0.4, 0.5) is 0 Å². The van der Waals surface area contributed by atoms with E-state index >= 15 is 0 Å². The minimum atomic E-state index is 0.225. The number of aliphatic hydroxyl groups excluding tert-OH is 1. The number of hydrogen-bond acceptors (Lipinski definition) is 3. The Balaban J connectivity index is 1.57. The fourth-order valence-corrected chi connectivity index (χ4v) is 3.44. The molecule has 3 rings (SSSR count). The van der Waals surface area contributed by atoms with E-state index in [0.717, 1.165) is 45.4 Å². The Labute approximate surface area is 126 Å². The first-order valence-electron chi connectivity index (χ1n) is 7.94. The lowest BCUT2D eigenvalue weighted by Crippen LogP contribution is -2.46. The quantitative estimate of drug-likeness (QED) is 0.911. The summed E-state index contributed by atoms with van der Waals surface area (Å²) >= 11 is 0. The number of carbonyl (C=O) groups excluding carboxylic acids is 1. The molecule has 1 fully saturated rings. The second-order valence-corrected chi connectivity index (χ2v) is 6.26. The highest BCUT2D eigenvalue weighted by Gasteiger charge is 2.25. The molecular weight excluding hydrogens is 264 g/mol. The lowest BCUT2D eigenvalue weighted by Gasteiger charge is -2.34. The minimum absolute atomic E-state index is 0.225. The van der Waals surface area contributed by atoms with Crippen LogP contribution < -0.4 is 0 Å². The average molecular weight is 288 g/mol. The molecule has 1 amide bonds. The van der Waals surface area contributed by atoms with E-state index in [9.17, 15) is 9.90 Å². The Hall–Kier alpha value is -1.39. The summed E-state index contributed by atoms with van der Waals surface area (Å²) in [4.78, 5) is 16.7. The zero-order chi connectivity index (χ0) is 14.7. The predicted octanol–water partition coefficient (Wildman–Crippen LogP) is 1.28. The molecule has 1 aromatic carbocycles. The van der Waals surface area contributed by atoms with Crippen LogP contribution >= 0.6 is 0 Å². The topological polar surface area (TPSA) is 43.8 Å². The first-order chi connectivity index (χ1) is 10.3. The predicted molar refractivity (Wildman–Crippen MR) is 81.8 cm³/mol. The molecule has 1 atom stereocenters. The number of fused-ring (bicyclic) bond motifs is 1. The highest BCUT2D eigenvalue weighted by atomic mass is 16.3. The third-order valence-corrected chi connectivity index (χ3v) is 4.70. The summed E-state index contributed by atoms with van der Waals surface area (Å²) in [7, 11) is 0. The van der Waals surface area contributed by atoms with Crippen LogP contribution in [0.5, 0.6) is 0 Å². The molecule has 4 heteroatoms. The highest BCUT2D eigenvalue weighted by molar-refractivity contribution is 5.78.